The maximum Gasteiger partial charge on any atom is 0.251 e. The van der Waals surface area contributed by atoms with Crippen LogP contribution in [0.4, 0.5) is 0 Å². The molecular weight excluding hydrogens is 428 g/mol. The van der Waals surface area contributed by atoms with Crippen molar-refractivity contribution in [2.24, 2.45) is 0 Å². The molecule has 1 saturated carbocycles. The van der Waals surface area contributed by atoms with E-state index in [1.165, 1.54) is 33.0 Å². The van der Waals surface area contributed by atoms with Gasteiger partial charge >= 0.3 is 0 Å². The smallest absolute Gasteiger partial charge is 0.251 e. The van der Waals surface area contributed by atoms with Crippen molar-refractivity contribution < 1.29 is 4.79 Å². The second-order valence-corrected chi connectivity index (χ2v) is 9.68. The lowest BCUT2D eigenvalue weighted by atomic mass is 9.91. The van der Waals surface area contributed by atoms with E-state index in [1.807, 2.05) is 6.07 Å². The molecule has 1 aliphatic carbocycles. The van der Waals surface area contributed by atoms with Crippen molar-refractivity contribution in [3.05, 3.63) is 114 Å². The third-order valence-electron chi connectivity index (χ3n) is 7.21. The molecule has 35 heavy (non-hydrogen) atoms. The third kappa shape index (κ3) is 4.65. The van der Waals surface area contributed by atoms with E-state index in [0.29, 0.717) is 19.1 Å². The lowest BCUT2D eigenvalue weighted by Gasteiger charge is -2.28. The lowest BCUT2D eigenvalue weighted by molar-refractivity contribution is -0.128. The summed E-state index contributed by atoms with van der Waals surface area (Å²) in [6.07, 6.45) is 3.06. The average Bonchev–Trinajstić information content (AvgIpc) is 3.77. The van der Waals surface area contributed by atoms with Gasteiger partial charge in [0.2, 0.25) is 0 Å². The van der Waals surface area contributed by atoms with Crippen molar-refractivity contribution in [2.45, 2.75) is 31.8 Å². The first-order valence-electron chi connectivity index (χ1n) is 12.6. The van der Waals surface area contributed by atoms with Gasteiger partial charge < -0.3 is 10.2 Å². The van der Waals surface area contributed by atoms with Crippen molar-refractivity contribution in [3.63, 3.8) is 0 Å². The Labute approximate surface area is 207 Å². The number of fused-ring (bicyclic) bond motifs is 1. The fourth-order valence-electron chi connectivity index (χ4n) is 5.18. The molecule has 0 atom stereocenters. The molecule has 1 N–H and O–H groups in total. The van der Waals surface area contributed by atoms with Crippen LogP contribution in [-0.2, 0) is 11.3 Å². The Hall–Kier alpha value is -3.69. The summed E-state index contributed by atoms with van der Waals surface area (Å²) < 4.78 is 0. The van der Waals surface area contributed by atoms with E-state index in [0.717, 1.165) is 36.9 Å². The van der Waals surface area contributed by atoms with Gasteiger partial charge in [-0.1, -0.05) is 84.9 Å². The molecule has 1 aliphatic heterocycles. The van der Waals surface area contributed by atoms with Crippen molar-refractivity contribution in [1.82, 2.24) is 10.2 Å². The van der Waals surface area contributed by atoms with E-state index in [4.69, 9.17) is 0 Å². The number of nitrogens with zero attached hydrogens (tertiary/aromatic N) is 1. The molecule has 3 heteroatoms. The minimum absolute atomic E-state index is 0.188. The molecule has 0 spiro atoms. The van der Waals surface area contributed by atoms with Gasteiger partial charge in [0.25, 0.3) is 5.91 Å². The molecule has 4 aromatic rings. The van der Waals surface area contributed by atoms with E-state index in [-0.39, 0.29) is 5.91 Å². The van der Waals surface area contributed by atoms with Crippen LogP contribution < -0.4 is 5.32 Å². The minimum atomic E-state index is 0.188. The molecular formula is C32H30N2O. The Morgan fingerprint density at radius 1 is 0.771 bits per heavy atom. The maximum absolute atomic E-state index is 14.0. The zero-order chi connectivity index (χ0) is 23.6. The van der Waals surface area contributed by atoms with Gasteiger partial charge in [-0.25, -0.2) is 0 Å². The quantitative estimate of drug-likeness (QED) is 0.360. The van der Waals surface area contributed by atoms with Gasteiger partial charge in [-0.3, -0.25) is 4.79 Å². The minimum Gasteiger partial charge on any atom is -0.332 e. The summed E-state index contributed by atoms with van der Waals surface area (Å²) in [6.45, 7) is 2.19. The SMILES string of the molecule is O=C(C1=C(c2cccc(-c3ccccc3)c2)CCNC1)N(Cc1ccc2ccccc2c1)C1CC1. The lowest BCUT2D eigenvalue weighted by Crippen LogP contribution is -2.39. The topological polar surface area (TPSA) is 32.3 Å². The molecule has 3 nitrogen and oxygen atoms in total. The zero-order valence-corrected chi connectivity index (χ0v) is 19.9. The van der Waals surface area contributed by atoms with Crippen molar-refractivity contribution in [2.75, 3.05) is 13.1 Å². The van der Waals surface area contributed by atoms with E-state index < -0.39 is 0 Å². The maximum atomic E-state index is 14.0. The van der Waals surface area contributed by atoms with Crippen LogP contribution in [0.1, 0.15) is 30.4 Å². The molecule has 174 valence electrons. The molecule has 4 aromatic carbocycles. The first-order valence-corrected chi connectivity index (χ1v) is 12.6. The highest BCUT2D eigenvalue weighted by atomic mass is 16.2. The highest BCUT2D eigenvalue weighted by Crippen LogP contribution is 2.34. The normalized spacial score (nSPS) is 15.9. The average molecular weight is 459 g/mol. The predicted molar refractivity (Wildman–Crippen MR) is 144 cm³/mol. The summed E-state index contributed by atoms with van der Waals surface area (Å²) in [5.74, 6) is 0.188. The summed E-state index contributed by atoms with van der Waals surface area (Å²) in [7, 11) is 0. The third-order valence-corrected chi connectivity index (χ3v) is 7.21. The van der Waals surface area contributed by atoms with Crippen LogP contribution in [0.25, 0.3) is 27.5 Å². The number of rotatable bonds is 6. The monoisotopic (exact) mass is 458 g/mol. The Morgan fingerprint density at radius 2 is 1.51 bits per heavy atom. The molecule has 2 aliphatic rings. The second-order valence-electron chi connectivity index (χ2n) is 9.68. The molecule has 0 unspecified atom stereocenters. The molecule has 0 saturated heterocycles. The van der Waals surface area contributed by atoms with Gasteiger partial charge in [0.15, 0.2) is 0 Å². The molecule has 0 radical (unpaired) electrons. The van der Waals surface area contributed by atoms with Crippen LogP contribution in [0.3, 0.4) is 0 Å². The van der Waals surface area contributed by atoms with Crippen LogP contribution in [0.15, 0.2) is 103 Å². The summed E-state index contributed by atoms with van der Waals surface area (Å²) in [4.78, 5) is 16.1. The number of carbonyl (C=O) groups excluding carboxylic acids is 1. The van der Waals surface area contributed by atoms with Crippen molar-refractivity contribution in [3.8, 4) is 11.1 Å². The molecule has 0 aromatic heterocycles. The van der Waals surface area contributed by atoms with Crippen LogP contribution in [-0.4, -0.2) is 29.9 Å². The summed E-state index contributed by atoms with van der Waals surface area (Å²) >= 11 is 0. The largest absolute Gasteiger partial charge is 0.332 e. The number of nitrogens with one attached hydrogen (secondary N) is 1. The van der Waals surface area contributed by atoms with Crippen LogP contribution >= 0.6 is 0 Å². The first-order chi connectivity index (χ1) is 17.3. The van der Waals surface area contributed by atoms with E-state index >= 15 is 0 Å². The van der Waals surface area contributed by atoms with Gasteiger partial charge in [0, 0.05) is 24.7 Å². The molecule has 1 fully saturated rings. The fourth-order valence-corrected chi connectivity index (χ4v) is 5.18. The van der Waals surface area contributed by atoms with Crippen molar-refractivity contribution in [1.29, 1.82) is 0 Å². The van der Waals surface area contributed by atoms with E-state index in [2.05, 4.69) is 101 Å². The van der Waals surface area contributed by atoms with Gasteiger partial charge in [0.05, 0.1) is 0 Å². The van der Waals surface area contributed by atoms with Crippen molar-refractivity contribution >= 4 is 22.3 Å². The van der Waals surface area contributed by atoms with Gasteiger partial charge in [0.1, 0.15) is 0 Å². The van der Waals surface area contributed by atoms with E-state index in [1.54, 1.807) is 0 Å². The predicted octanol–water partition coefficient (Wildman–Crippen LogP) is 6.44. The number of hydrogen-bond acceptors (Lipinski definition) is 2. The van der Waals surface area contributed by atoms with Gasteiger partial charge in [-0.2, -0.15) is 0 Å². The number of carbonyl (C=O) groups is 1. The Morgan fingerprint density at radius 3 is 2.34 bits per heavy atom. The standard InChI is InChI=1S/C32H30N2O/c35-32(34(29-15-16-29)22-23-13-14-25-9-4-5-10-26(25)19-23)31-21-33-18-17-30(31)28-12-6-11-27(20-28)24-7-2-1-3-8-24/h1-14,19-20,29,33H,15-18,21-22H2. The Kier molecular flexibility index (Phi) is 5.93. The summed E-state index contributed by atoms with van der Waals surface area (Å²) in [5.41, 5.74) is 6.87. The van der Waals surface area contributed by atoms with Gasteiger partial charge in [-0.05, 0) is 76.5 Å². The Balaban J connectivity index is 1.33. The molecule has 0 bridgehead atoms. The van der Waals surface area contributed by atoms with E-state index in [9.17, 15) is 4.79 Å². The zero-order valence-electron chi connectivity index (χ0n) is 19.9. The molecule has 6 rings (SSSR count). The first kappa shape index (κ1) is 21.8. The van der Waals surface area contributed by atoms with Crippen LogP contribution in [0.2, 0.25) is 0 Å². The number of amides is 1. The van der Waals surface area contributed by atoms with Crippen LogP contribution in [0, 0.1) is 0 Å². The fraction of sp³-hybridized carbons (Fsp3) is 0.219. The number of hydrogen-bond donors (Lipinski definition) is 1. The Bertz CT molecular complexity index is 1400. The second kappa shape index (κ2) is 9.52. The van der Waals surface area contributed by atoms with Gasteiger partial charge in [-0.15, -0.1) is 0 Å². The summed E-state index contributed by atoms with van der Waals surface area (Å²) in [6, 6.07) is 34.5. The highest BCUT2D eigenvalue weighted by Gasteiger charge is 2.35. The highest BCUT2D eigenvalue weighted by molar-refractivity contribution is 6.02. The number of benzene rings is 4. The summed E-state index contributed by atoms with van der Waals surface area (Å²) in [5, 5.41) is 5.92. The molecule has 1 amide bonds. The molecule has 1 heterocycles. The van der Waals surface area contributed by atoms with Crippen LogP contribution in [0.5, 0.6) is 0 Å².